The predicted octanol–water partition coefficient (Wildman–Crippen LogP) is 4.44. The third-order valence-electron chi connectivity index (χ3n) is 5.35. The lowest BCUT2D eigenvalue weighted by atomic mass is 9.85. The van der Waals surface area contributed by atoms with E-state index in [-0.39, 0.29) is 12.0 Å². The van der Waals surface area contributed by atoms with Crippen molar-refractivity contribution < 1.29 is 5.11 Å². The summed E-state index contributed by atoms with van der Waals surface area (Å²) < 4.78 is 0. The number of pyridine rings is 1. The summed E-state index contributed by atoms with van der Waals surface area (Å²) in [6, 6.07) is 9.66. The van der Waals surface area contributed by atoms with Crippen LogP contribution in [0, 0.1) is 6.92 Å². The summed E-state index contributed by atoms with van der Waals surface area (Å²) in [7, 11) is 0. The Morgan fingerprint density at radius 2 is 2.11 bits per heavy atom. The van der Waals surface area contributed by atoms with Crippen molar-refractivity contribution >= 4 is 23.2 Å². The first-order valence-corrected chi connectivity index (χ1v) is 9.34. The Kier molecular flexibility index (Phi) is 4.58. The van der Waals surface area contributed by atoms with E-state index in [1.807, 2.05) is 37.4 Å². The molecule has 0 radical (unpaired) electrons. The molecule has 0 spiro atoms. The number of aliphatic hydroxyl groups excluding tert-OH is 1. The number of anilines is 2. The normalized spacial score (nSPS) is 18.4. The lowest BCUT2D eigenvalue weighted by molar-refractivity contribution is 0.206. The zero-order chi connectivity index (χ0) is 19.0. The molecular formula is C21H21ClN4O. The number of hydrogen-bond acceptors (Lipinski definition) is 5. The van der Waals surface area contributed by atoms with E-state index >= 15 is 0 Å². The number of nitrogens with zero attached hydrogens (tertiary/aromatic N) is 3. The first-order valence-electron chi connectivity index (χ1n) is 8.96. The van der Waals surface area contributed by atoms with E-state index in [9.17, 15) is 5.11 Å². The van der Waals surface area contributed by atoms with Gasteiger partial charge in [0.05, 0.1) is 12.3 Å². The van der Waals surface area contributed by atoms with Crippen LogP contribution in [-0.2, 0) is 11.8 Å². The summed E-state index contributed by atoms with van der Waals surface area (Å²) >= 11 is 6.19. The van der Waals surface area contributed by atoms with Gasteiger partial charge in [0.15, 0.2) is 0 Å². The highest BCUT2D eigenvalue weighted by molar-refractivity contribution is 6.31. The van der Waals surface area contributed by atoms with Crippen LogP contribution in [0.4, 0.5) is 11.6 Å². The van der Waals surface area contributed by atoms with E-state index in [4.69, 9.17) is 11.6 Å². The Morgan fingerprint density at radius 1 is 1.26 bits per heavy atom. The van der Waals surface area contributed by atoms with Gasteiger partial charge in [0.2, 0.25) is 5.95 Å². The highest BCUT2D eigenvalue weighted by atomic mass is 35.5. The van der Waals surface area contributed by atoms with Crippen molar-refractivity contribution in [2.24, 2.45) is 0 Å². The van der Waals surface area contributed by atoms with Gasteiger partial charge < -0.3 is 10.4 Å². The van der Waals surface area contributed by atoms with Crippen LogP contribution in [-0.4, -0.2) is 26.7 Å². The average molecular weight is 381 g/mol. The summed E-state index contributed by atoms with van der Waals surface area (Å²) in [5, 5.41) is 13.7. The number of nitrogens with one attached hydrogen (secondary N) is 1. The number of aryl methyl sites for hydroxylation is 1. The molecule has 1 atom stereocenters. The molecule has 1 aliphatic carbocycles. The smallest absolute Gasteiger partial charge is 0.227 e. The van der Waals surface area contributed by atoms with Gasteiger partial charge in [-0.2, -0.15) is 0 Å². The van der Waals surface area contributed by atoms with Crippen molar-refractivity contribution in [2.45, 2.75) is 32.1 Å². The van der Waals surface area contributed by atoms with Crippen LogP contribution in [0.15, 0.2) is 42.7 Å². The van der Waals surface area contributed by atoms with Crippen molar-refractivity contribution in [3.8, 4) is 11.3 Å². The van der Waals surface area contributed by atoms with E-state index in [0.717, 1.165) is 46.6 Å². The molecule has 5 nitrogen and oxygen atoms in total. The van der Waals surface area contributed by atoms with Gasteiger partial charge in [-0.25, -0.2) is 9.97 Å². The predicted molar refractivity (Wildman–Crippen MR) is 107 cm³/mol. The standard InChI is InChI=1S/C21H21ClN4O/c1-13-16(22)4-3-5-17(13)25-20-23-9-7-18(26-20)14-10-15-19(24-11-14)6-8-21(15,2)12-27/h3-5,7,9-11,27H,6,8,12H2,1-2H3,(H,23,25,26). The Labute approximate surface area is 163 Å². The summed E-state index contributed by atoms with van der Waals surface area (Å²) in [5.74, 6) is 0.503. The second-order valence-corrected chi connectivity index (χ2v) is 7.65. The molecule has 0 saturated heterocycles. The molecule has 0 aliphatic heterocycles. The van der Waals surface area contributed by atoms with Crippen molar-refractivity contribution in [1.29, 1.82) is 0 Å². The van der Waals surface area contributed by atoms with Crippen LogP contribution in [0.1, 0.15) is 30.2 Å². The SMILES string of the molecule is Cc1c(Cl)cccc1Nc1nccc(-c2cnc3c(c2)C(C)(CO)CC3)n1. The Morgan fingerprint density at radius 3 is 2.93 bits per heavy atom. The summed E-state index contributed by atoms with van der Waals surface area (Å²) in [4.78, 5) is 13.6. The molecule has 3 aromatic rings. The lowest BCUT2D eigenvalue weighted by Crippen LogP contribution is -2.23. The van der Waals surface area contributed by atoms with E-state index < -0.39 is 0 Å². The quantitative estimate of drug-likeness (QED) is 0.700. The molecule has 1 aliphatic rings. The van der Waals surface area contributed by atoms with Crippen LogP contribution < -0.4 is 5.32 Å². The zero-order valence-corrected chi connectivity index (χ0v) is 16.1. The third-order valence-corrected chi connectivity index (χ3v) is 5.76. The number of halogens is 1. The van der Waals surface area contributed by atoms with Gasteiger partial charge in [-0.15, -0.1) is 0 Å². The van der Waals surface area contributed by atoms with E-state index in [0.29, 0.717) is 11.0 Å². The van der Waals surface area contributed by atoms with Crippen molar-refractivity contribution in [3.05, 3.63) is 64.6 Å². The van der Waals surface area contributed by atoms with E-state index in [1.54, 1.807) is 6.20 Å². The topological polar surface area (TPSA) is 70.9 Å². The van der Waals surface area contributed by atoms with Crippen molar-refractivity contribution in [2.75, 3.05) is 11.9 Å². The van der Waals surface area contributed by atoms with E-state index in [2.05, 4.69) is 33.3 Å². The zero-order valence-electron chi connectivity index (χ0n) is 15.3. The van der Waals surface area contributed by atoms with Gasteiger partial charge in [0.1, 0.15) is 0 Å². The van der Waals surface area contributed by atoms with Gasteiger partial charge in [-0.1, -0.05) is 24.6 Å². The highest BCUT2D eigenvalue weighted by Gasteiger charge is 2.34. The van der Waals surface area contributed by atoms with Crippen LogP contribution in [0.5, 0.6) is 0 Å². The van der Waals surface area contributed by atoms with Gasteiger partial charge in [0.25, 0.3) is 0 Å². The summed E-state index contributed by atoms with van der Waals surface area (Å²) in [5.41, 5.74) is 5.48. The number of aromatic nitrogens is 3. The maximum Gasteiger partial charge on any atom is 0.227 e. The average Bonchev–Trinajstić information content (AvgIpc) is 3.03. The molecule has 0 fully saturated rings. The van der Waals surface area contributed by atoms with Gasteiger partial charge in [-0.05, 0) is 55.2 Å². The first-order chi connectivity index (χ1) is 13.0. The van der Waals surface area contributed by atoms with Gasteiger partial charge >= 0.3 is 0 Å². The molecule has 6 heteroatoms. The number of aliphatic hydroxyl groups is 1. The van der Waals surface area contributed by atoms with Crippen molar-refractivity contribution in [1.82, 2.24) is 15.0 Å². The lowest BCUT2D eigenvalue weighted by Gasteiger charge is -2.22. The molecular weight excluding hydrogens is 360 g/mol. The second kappa shape index (κ2) is 6.91. The van der Waals surface area contributed by atoms with Gasteiger partial charge in [-0.3, -0.25) is 4.98 Å². The monoisotopic (exact) mass is 380 g/mol. The third kappa shape index (κ3) is 3.29. The molecule has 138 valence electrons. The first kappa shape index (κ1) is 17.9. The fourth-order valence-electron chi connectivity index (χ4n) is 3.49. The van der Waals surface area contributed by atoms with Crippen molar-refractivity contribution in [3.63, 3.8) is 0 Å². The van der Waals surface area contributed by atoms with E-state index in [1.165, 1.54) is 0 Å². The molecule has 27 heavy (non-hydrogen) atoms. The van der Waals surface area contributed by atoms with Crippen LogP contribution >= 0.6 is 11.6 Å². The molecule has 0 saturated carbocycles. The van der Waals surface area contributed by atoms with Crippen LogP contribution in [0.25, 0.3) is 11.3 Å². The number of benzene rings is 1. The highest BCUT2D eigenvalue weighted by Crippen LogP contribution is 2.39. The number of rotatable bonds is 4. The van der Waals surface area contributed by atoms with Crippen LogP contribution in [0.3, 0.4) is 0 Å². The molecule has 1 aromatic carbocycles. The minimum atomic E-state index is -0.232. The molecule has 0 amide bonds. The summed E-state index contributed by atoms with van der Waals surface area (Å²) in [6.07, 6.45) is 5.39. The van der Waals surface area contributed by atoms with Gasteiger partial charge in [0, 0.05) is 39.8 Å². The minimum Gasteiger partial charge on any atom is -0.395 e. The van der Waals surface area contributed by atoms with Crippen LogP contribution in [0.2, 0.25) is 5.02 Å². The molecule has 0 bridgehead atoms. The molecule has 4 rings (SSSR count). The molecule has 2 N–H and O–H groups in total. The molecule has 2 aromatic heterocycles. The second-order valence-electron chi connectivity index (χ2n) is 7.24. The largest absolute Gasteiger partial charge is 0.395 e. The number of fused-ring (bicyclic) bond motifs is 1. The Balaban J connectivity index is 1.68. The molecule has 2 heterocycles. The Bertz CT molecular complexity index is 1010. The molecule has 1 unspecified atom stereocenters. The fraction of sp³-hybridized carbons (Fsp3) is 0.286. The minimum absolute atomic E-state index is 0.121. The summed E-state index contributed by atoms with van der Waals surface area (Å²) in [6.45, 7) is 4.16. The fourth-order valence-corrected chi connectivity index (χ4v) is 3.67. The number of hydrogen-bond donors (Lipinski definition) is 2. The maximum atomic E-state index is 9.82. The Hall–Kier alpha value is -2.50. The maximum absolute atomic E-state index is 9.82.